The number of carbonyl (C=O) groups excluding carboxylic acids is 1. The first-order valence-corrected chi connectivity index (χ1v) is 9.21. The molecule has 132 valence electrons. The summed E-state index contributed by atoms with van der Waals surface area (Å²) in [4.78, 5) is 15.5. The highest BCUT2D eigenvalue weighted by molar-refractivity contribution is 5.96. The van der Waals surface area contributed by atoms with E-state index in [0.29, 0.717) is 0 Å². The zero-order chi connectivity index (χ0) is 17.8. The molecule has 0 unspecified atom stereocenters. The van der Waals surface area contributed by atoms with Gasteiger partial charge in [0.2, 0.25) is 5.91 Å². The quantitative estimate of drug-likeness (QED) is 0.876. The van der Waals surface area contributed by atoms with E-state index in [4.69, 9.17) is 0 Å². The normalized spacial score (nSPS) is 17.2. The largest absolute Gasteiger partial charge is 0.324 e. The van der Waals surface area contributed by atoms with Gasteiger partial charge in [-0.05, 0) is 68.5 Å². The summed E-state index contributed by atoms with van der Waals surface area (Å²) in [6.45, 7) is 8.33. The summed E-state index contributed by atoms with van der Waals surface area (Å²) in [5, 5.41) is 3.18. The fourth-order valence-corrected chi connectivity index (χ4v) is 3.52. The molecule has 2 aromatic rings. The molecule has 1 saturated heterocycles. The van der Waals surface area contributed by atoms with Gasteiger partial charge in [0.1, 0.15) is 6.04 Å². The zero-order valence-electron chi connectivity index (χ0n) is 15.5. The van der Waals surface area contributed by atoms with Gasteiger partial charge in [-0.2, -0.15) is 0 Å². The van der Waals surface area contributed by atoms with Crippen LogP contribution in [-0.2, 0) is 4.79 Å². The van der Waals surface area contributed by atoms with Gasteiger partial charge in [0.05, 0.1) is 0 Å². The molecule has 3 nitrogen and oxygen atoms in total. The van der Waals surface area contributed by atoms with Crippen LogP contribution in [0.5, 0.6) is 0 Å². The van der Waals surface area contributed by atoms with Crippen LogP contribution < -0.4 is 5.32 Å². The number of nitrogens with zero attached hydrogens (tertiary/aromatic N) is 1. The summed E-state index contributed by atoms with van der Waals surface area (Å²) in [5.41, 5.74) is 4.23. The first-order chi connectivity index (χ1) is 12.0. The summed E-state index contributed by atoms with van der Waals surface area (Å²) >= 11 is 0. The second-order valence-corrected chi connectivity index (χ2v) is 7.34. The van der Waals surface area contributed by atoms with E-state index in [1.54, 1.807) is 0 Å². The lowest BCUT2D eigenvalue weighted by molar-refractivity contribution is -0.122. The molecule has 3 rings (SSSR count). The van der Waals surface area contributed by atoms with Gasteiger partial charge < -0.3 is 5.32 Å². The molecule has 0 aliphatic carbocycles. The Labute approximate surface area is 151 Å². The molecule has 1 fully saturated rings. The van der Waals surface area contributed by atoms with Crippen LogP contribution in [-0.4, -0.2) is 23.9 Å². The summed E-state index contributed by atoms with van der Waals surface area (Å²) in [7, 11) is 0. The highest BCUT2D eigenvalue weighted by Gasteiger charge is 2.30. The van der Waals surface area contributed by atoms with E-state index in [9.17, 15) is 4.79 Å². The van der Waals surface area contributed by atoms with Gasteiger partial charge in [-0.25, -0.2) is 0 Å². The van der Waals surface area contributed by atoms with Crippen molar-refractivity contribution in [3.8, 4) is 0 Å². The van der Waals surface area contributed by atoms with Crippen molar-refractivity contribution in [2.75, 3.05) is 18.4 Å². The molecular weight excluding hydrogens is 308 g/mol. The Morgan fingerprint density at radius 1 is 1.08 bits per heavy atom. The van der Waals surface area contributed by atoms with Crippen LogP contribution in [0, 0.1) is 19.8 Å². The van der Waals surface area contributed by atoms with Gasteiger partial charge in [0.15, 0.2) is 0 Å². The molecule has 0 radical (unpaired) electrons. The van der Waals surface area contributed by atoms with Crippen LogP contribution in [0.4, 0.5) is 5.69 Å². The number of benzene rings is 2. The van der Waals surface area contributed by atoms with Crippen molar-refractivity contribution < 1.29 is 4.79 Å². The highest BCUT2D eigenvalue weighted by Crippen LogP contribution is 2.28. The average molecular weight is 336 g/mol. The molecule has 0 saturated carbocycles. The molecule has 1 aliphatic rings. The Kier molecular flexibility index (Phi) is 5.54. The van der Waals surface area contributed by atoms with Gasteiger partial charge >= 0.3 is 0 Å². The van der Waals surface area contributed by atoms with E-state index >= 15 is 0 Å². The van der Waals surface area contributed by atoms with E-state index in [0.717, 1.165) is 54.2 Å². The van der Waals surface area contributed by atoms with Gasteiger partial charge in [-0.1, -0.05) is 49.4 Å². The van der Waals surface area contributed by atoms with Crippen molar-refractivity contribution >= 4 is 11.6 Å². The maximum Gasteiger partial charge on any atom is 0.246 e. The molecule has 1 amide bonds. The van der Waals surface area contributed by atoms with E-state index in [2.05, 4.69) is 48.3 Å². The predicted molar refractivity (Wildman–Crippen MR) is 104 cm³/mol. The van der Waals surface area contributed by atoms with Crippen LogP contribution in [0.3, 0.4) is 0 Å². The van der Waals surface area contributed by atoms with Crippen LogP contribution in [0.25, 0.3) is 0 Å². The number of hydrogen-bond acceptors (Lipinski definition) is 2. The Balaban J connectivity index is 1.86. The number of hydrogen-bond donors (Lipinski definition) is 1. The number of nitrogens with one attached hydrogen (secondary N) is 1. The molecule has 25 heavy (non-hydrogen) atoms. The fourth-order valence-electron chi connectivity index (χ4n) is 3.52. The molecule has 1 N–H and O–H groups in total. The monoisotopic (exact) mass is 336 g/mol. The Bertz CT molecular complexity index is 718. The summed E-state index contributed by atoms with van der Waals surface area (Å²) in [6.07, 6.45) is 2.31. The van der Waals surface area contributed by atoms with Gasteiger partial charge in [-0.3, -0.25) is 9.69 Å². The summed E-state index contributed by atoms with van der Waals surface area (Å²) < 4.78 is 0. The minimum Gasteiger partial charge on any atom is -0.324 e. The molecule has 3 heteroatoms. The lowest BCUT2D eigenvalue weighted by Gasteiger charge is -2.36. The first kappa shape index (κ1) is 17.7. The Morgan fingerprint density at radius 3 is 2.44 bits per heavy atom. The van der Waals surface area contributed by atoms with E-state index < -0.39 is 0 Å². The smallest absolute Gasteiger partial charge is 0.246 e. The van der Waals surface area contributed by atoms with Crippen molar-refractivity contribution in [2.24, 2.45) is 5.92 Å². The number of aryl methyl sites for hydroxylation is 2. The number of amides is 1. The maximum absolute atomic E-state index is 13.2. The lowest BCUT2D eigenvalue weighted by Crippen LogP contribution is -2.41. The van der Waals surface area contributed by atoms with Crippen LogP contribution in [0.15, 0.2) is 48.5 Å². The number of piperidine rings is 1. The lowest BCUT2D eigenvalue weighted by atomic mass is 9.95. The fraction of sp³-hybridized carbons (Fsp3) is 0.409. The third kappa shape index (κ3) is 4.29. The molecule has 0 spiro atoms. The third-order valence-corrected chi connectivity index (χ3v) is 5.20. The summed E-state index contributed by atoms with van der Waals surface area (Å²) in [5.74, 6) is 0.809. The molecule has 0 bridgehead atoms. The van der Waals surface area contributed by atoms with Crippen molar-refractivity contribution in [1.29, 1.82) is 0 Å². The van der Waals surface area contributed by atoms with Gasteiger partial charge in [-0.15, -0.1) is 0 Å². The molecule has 0 aromatic heterocycles. The number of likely N-dealkylation sites (tertiary alicyclic amines) is 1. The first-order valence-electron chi connectivity index (χ1n) is 9.21. The third-order valence-electron chi connectivity index (χ3n) is 5.20. The topological polar surface area (TPSA) is 32.3 Å². The minimum absolute atomic E-state index is 0.0643. The Morgan fingerprint density at radius 2 is 1.76 bits per heavy atom. The summed E-state index contributed by atoms with van der Waals surface area (Å²) in [6, 6.07) is 16.1. The zero-order valence-corrected chi connectivity index (χ0v) is 15.5. The minimum atomic E-state index is -0.228. The molecule has 1 heterocycles. The van der Waals surface area contributed by atoms with Crippen LogP contribution in [0.2, 0.25) is 0 Å². The Hall–Kier alpha value is -2.13. The van der Waals surface area contributed by atoms with E-state index in [1.807, 2.05) is 31.2 Å². The van der Waals surface area contributed by atoms with Crippen LogP contribution >= 0.6 is 0 Å². The van der Waals surface area contributed by atoms with Crippen molar-refractivity contribution in [1.82, 2.24) is 4.90 Å². The van der Waals surface area contributed by atoms with Crippen molar-refractivity contribution in [2.45, 2.75) is 39.7 Å². The molecule has 1 atom stereocenters. The van der Waals surface area contributed by atoms with E-state index in [1.165, 1.54) is 0 Å². The van der Waals surface area contributed by atoms with Gasteiger partial charge in [0.25, 0.3) is 0 Å². The molecular formula is C22H28N2O. The second kappa shape index (κ2) is 7.83. The van der Waals surface area contributed by atoms with E-state index in [-0.39, 0.29) is 11.9 Å². The second-order valence-electron chi connectivity index (χ2n) is 7.34. The number of carbonyl (C=O) groups is 1. The predicted octanol–water partition coefficient (Wildman–Crippen LogP) is 4.72. The number of rotatable bonds is 4. The van der Waals surface area contributed by atoms with Crippen molar-refractivity contribution in [3.63, 3.8) is 0 Å². The standard InChI is InChI=1S/C22H28N2O/c1-16-11-13-24(14-12-16)21(19-7-5-4-6-8-19)22(25)23-20-15-17(2)9-10-18(20)3/h4-10,15-16,21H,11-14H2,1-3H3,(H,23,25)/t21-/m1/s1. The van der Waals surface area contributed by atoms with Gasteiger partial charge in [0, 0.05) is 5.69 Å². The molecule has 2 aromatic carbocycles. The average Bonchev–Trinajstić information content (AvgIpc) is 2.61. The van der Waals surface area contributed by atoms with Crippen LogP contribution in [0.1, 0.15) is 42.5 Å². The molecule has 1 aliphatic heterocycles. The maximum atomic E-state index is 13.2. The van der Waals surface area contributed by atoms with Crippen molar-refractivity contribution in [3.05, 3.63) is 65.2 Å². The SMILES string of the molecule is Cc1ccc(C)c(NC(=O)[C@@H](c2ccccc2)N2CCC(C)CC2)c1. The number of anilines is 1. The highest BCUT2D eigenvalue weighted by atomic mass is 16.2.